The van der Waals surface area contributed by atoms with Gasteiger partial charge in [-0.15, -0.1) is 0 Å². The first-order chi connectivity index (χ1) is 13.6. The molecular weight excluding hydrogens is 480 g/mol. The highest BCUT2D eigenvalue weighted by molar-refractivity contribution is 9.10. The quantitative estimate of drug-likeness (QED) is 0.539. The molecule has 0 radical (unpaired) electrons. The smallest absolute Gasteiger partial charge is 0.263 e. The van der Waals surface area contributed by atoms with Gasteiger partial charge >= 0.3 is 0 Å². The number of halogens is 1. The van der Waals surface area contributed by atoms with Gasteiger partial charge in [-0.2, -0.15) is 0 Å². The molecule has 8 nitrogen and oxygen atoms in total. The molecule has 0 amide bonds. The third-order valence-electron chi connectivity index (χ3n) is 3.75. The molecule has 3 rings (SSSR count). The number of nitrogens with zero attached hydrogens (tertiary/aromatic N) is 2. The van der Waals surface area contributed by atoms with Crippen LogP contribution in [0, 0.1) is 13.8 Å². The molecule has 1 heterocycles. The molecule has 0 aliphatic carbocycles. The first-order valence-corrected chi connectivity index (χ1v) is 12.1. The molecule has 29 heavy (non-hydrogen) atoms. The Balaban J connectivity index is 1.81. The average molecular weight is 497 g/mol. The van der Waals surface area contributed by atoms with E-state index in [0.29, 0.717) is 16.0 Å². The second-order valence-electron chi connectivity index (χ2n) is 6.11. The fourth-order valence-corrected chi connectivity index (χ4v) is 5.60. The lowest BCUT2D eigenvalue weighted by Crippen LogP contribution is -2.16. The second kappa shape index (κ2) is 8.09. The molecule has 0 saturated carbocycles. The molecule has 2 aromatic carbocycles. The highest BCUT2D eigenvalue weighted by Gasteiger charge is 2.19. The van der Waals surface area contributed by atoms with Crippen molar-refractivity contribution in [1.29, 1.82) is 0 Å². The minimum Gasteiger partial charge on any atom is -0.280 e. The first-order valence-electron chi connectivity index (χ1n) is 8.29. The predicted molar refractivity (Wildman–Crippen MR) is 114 cm³/mol. The molecule has 1 aromatic heterocycles. The Morgan fingerprint density at radius 1 is 0.828 bits per heavy atom. The van der Waals surface area contributed by atoms with Gasteiger partial charge in [-0.1, -0.05) is 12.1 Å². The molecule has 0 atom stereocenters. The molecule has 0 aliphatic rings. The van der Waals surface area contributed by atoms with Crippen LogP contribution >= 0.6 is 15.9 Å². The second-order valence-corrected chi connectivity index (χ2v) is 10.3. The van der Waals surface area contributed by atoms with E-state index < -0.39 is 20.0 Å². The Bertz CT molecular complexity index is 1240. The third kappa shape index (κ3) is 5.11. The van der Waals surface area contributed by atoms with Gasteiger partial charge in [0.25, 0.3) is 20.0 Å². The van der Waals surface area contributed by atoms with Crippen LogP contribution in [0.15, 0.2) is 68.9 Å². The highest BCUT2D eigenvalue weighted by atomic mass is 79.9. The van der Waals surface area contributed by atoms with Crippen molar-refractivity contribution in [3.8, 4) is 0 Å². The van der Waals surface area contributed by atoms with Gasteiger partial charge in [0.05, 0.1) is 4.90 Å². The van der Waals surface area contributed by atoms with E-state index in [1.165, 1.54) is 36.4 Å². The summed E-state index contributed by atoms with van der Waals surface area (Å²) in [6.07, 6.45) is 0. The molecule has 0 unspecified atom stereocenters. The topological polar surface area (TPSA) is 118 Å². The Hall–Kier alpha value is -2.50. The van der Waals surface area contributed by atoms with E-state index in [1.807, 2.05) is 0 Å². The number of benzene rings is 2. The zero-order valence-electron chi connectivity index (χ0n) is 15.4. The lowest BCUT2D eigenvalue weighted by Gasteiger charge is -2.11. The van der Waals surface area contributed by atoms with E-state index in [4.69, 9.17) is 0 Å². The highest BCUT2D eigenvalue weighted by Crippen LogP contribution is 2.24. The van der Waals surface area contributed by atoms with E-state index in [0.717, 1.165) is 0 Å². The fraction of sp³-hybridized carbons (Fsp3) is 0.111. The van der Waals surface area contributed by atoms with Crippen molar-refractivity contribution in [2.45, 2.75) is 23.6 Å². The van der Waals surface area contributed by atoms with Crippen molar-refractivity contribution < 1.29 is 16.8 Å². The van der Waals surface area contributed by atoms with Crippen LogP contribution in [-0.4, -0.2) is 26.8 Å². The number of hydrogen-bond donors (Lipinski definition) is 2. The maximum absolute atomic E-state index is 12.6. The van der Waals surface area contributed by atoms with Crippen molar-refractivity contribution in [2.24, 2.45) is 0 Å². The molecule has 0 fully saturated rings. The van der Waals surface area contributed by atoms with Gasteiger partial charge in [-0.3, -0.25) is 9.44 Å². The van der Waals surface area contributed by atoms with Crippen LogP contribution < -0.4 is 9.44 Å². The molecule has 0 bridgehead atoms. The van der Waals surface area contributed by atoms with Crippen molar-refractivity contribution in [3.05, 3.63) is 70.6 Å². The molecule has 0 spiro atoms. The summed E-state index contributed by atoms with van der Waals surface area (Å²) >= 11 is 3.21. The van der Waals surface area contributed by atoms with Crippen LogP contribution in [0.4, 0.5) is 11.5 Å². The van der Waals surface area contributed by atoms with Crippen molar-refractivity contribution >= 4 is 47.5 Å². The van der Waals surface area contributed by atoms with E-state index in [9.17, 15) is 16.8 Å². The number of hydrogen-bond acceptors (Lipinski definition) is 6. The number of anilines is 2. The molecule has 2 N–H and O–H groups in total. The summed E-state index contributed by atoms with van der Waals surface area (Å²) in [5.41, 5.74) is 0.862. The van der Waals surface area contributed by atoms with Gasteiger partial charge in [0.2, 0.25) is 0 Å². The largest absolute Gasteiger partial charge is 0.280 e. The van der Waals surface area contributed by atoms with Gasteiger partial charge in [-0.25, -0.2) is 26.8 Å². The summed E-state index contributed by atoms with van der Waals surface area (Å²) in [4.78, 5) is 8.20. The zero-order chi connectivity index (χ0) is 21.2. The molecule has 3 aromatic rings. The first kappa shape index (κ1) is 21.2. The minimum absolute atomic E-state index is 0.0322. The van der Waals surface area contributed by atoms with Crippen LogP contribution in [-0.2, 0) is 20.0 Å². The maximum atomic E-state index is 12.6. The van der Waals surface area contributed by atoms with E-state index in [-0.39, 0.29) is 21.3 Å². The Morgan fingerprint density at radius 3 is 2.10 bits per heavy atom. The zero-order valence-corrected chi connectivity index (χ0v) is 18.6. The Morgan fingerprint density at radius 2 is 1.48 bits per heavy atom. The molecule has 0 aliphatic heterocycles. The van der Waals surface area contributed by atoms with Crippen molar-refractivity contribution in [2.75, 3.05) is 9.44 Å². The normalized spacial score (nSPS) is 11.8. The van der Waals surface area contributed by atoms with E-state index in [1.54, 1.807) is 32.0 Å². The Kier molecular flexibility index (Phi) is 5.92. The summed E-state index contributed by atoms with van der Waals surface area (Å²) in [7, 11) is -7.72. The standard InChI is InChI=1S/C18H17BrN4O4S2/c1-12-11-18(21-13(2)20-12)23-28(24,25)15-9-7-14(8-10-15)22-29(26,27)17-6-4-3-5-16(17)19/h3-11,22H,1-2H3,(H,20,21,23). The van der Waals surface area contributed by atoms with Gasteiger partial charge < -0.3 is 0 Å². The summed E-state index contributed by atoms with van der Waals surface area (Å²) in [6.45, 7) is 3.40. The minimum atomic E-state index is -3.89. The maximum Gasteiger partial charge on any atom is 0.263 e. The van der Waals surface area contributed by atoms with Crippen LogP contribution in [0.5, 0.6) is 0 Å². The summed E-state index contributed by atoms with van der Waals surface area (Å²) < 4.78 is 55.4. The number of sulfonamides is 2. The van der Waals surface area contributed by atoms with Gasteiger partial charge in [0.15, 0.2) is 0 Å². The number of aromatic nitrogens is 2. The average Bonchev–Trinajstić information content (AvgIpc) is 2.60. The van der Waals surface area contributed by atoms with Crippen LogP contribution in [0.2, 0.25) is 0 Å². The van der Waals surface area contributed by atoms with E-state index >= 15 is 0 Å². The lowest BCUT2D eigenvalue weighted by atomic mass is 10.3. The molecule has 152 valence electrons. The number of aryl methyl sites for hydroxylation is 2. The monoisotopic (exact) mass is 496 g/mol. The predicted octanol–water partition coefficient (Wildman–Crippen LogP) is 3.46. The molecule has 0 saturated heterocycles. The SMILES string of the molecule is Cc1cc(NS(=O)(=O)c2ccc(NS(=O)(=O)c3ccccc3Br)cc2)nc(C)n1. The summed E-state index contributed by atoms with van der Waals surface area (Å²) in [5.74, 6) is 0.605. The van der Waals surface area contributed by atoms with Crippen LogP contribution in [0.1, 0.15) is 11.5 Å². The van der Waals surface area contributed by atoms with Gasteiger partial charge in [0.1, 0.15) is 16.5 Å². The summed E-state index contributed by atoms with van der Waals surface area (Å²) in [6, 6.07) is 13.3. The van der Waals surface area contributed by atoms with Crippen molar-refractivity contribution in [3.63, 3.8) is 0 Å². The number of rotatable bonds is 6. The van der Waals surface area contributed by atoms with Crippen LogP contribution in [0.25, 0.3) is 0 Å². The number of nitrogens with one attached hydrogen (secondary N) is 2. The van der Waals surface area contributed by atoms with Gasteiger partial charge in [0, 0.05) is 21.9 Å². The molecule has 11 heteroatoms. The van der Waals surface area contributed by atoms with Crippen LogP contribution in [0.3, 0.4) is 0 Å². The molecular formula is C18H17BrN4O4S2. The van der Waals surface area contributed by atoms with E-state index in [2.05, 4.69) is 35.3 Å². The third-order valence-corrected chi connectivity index (χ3v) is 7.51. The fourth-order valence-electron chi connectivity index (χ4n) is 2.54. The van der Waals surface area contributed by atoms with Crippen molar-refractivity contribution in [1.82, 2.24) is 9.97 Å². The lowest BCUT2D eigenvalue weighted by molar-refractivity contribution is 0.599. The summed E-state index contributed by atoms with van der Waals surface area (Å²) in [5, 5.41) is 0. The van der Waals surface area contributed by atoms with Gasteiger partial charge in [-0.05, 0) is 66.2 Å². The Labute approximate surface area is 177 Å².